The number of anilines is 1. The minimum Gasteiger partial charge on any atom is -0.490 e. The number of nitrogens with one attached hydrogen (secondary N) is 1. The Labute approximate surface area is 199 Å². The standard InChI is InChI=1S/C25H29ClN4O3/c1-29-14-12-27-24(29)17-30-13-6-2-3-7-15-32-22-8-4-5-9-23(22)33-21-11-10-19(26)16-20(21)28-25(31)18-30/h4-5,8-12,14,16H,2-3,6-7,13,15,17-18H2,1H3,(H,28,31). The zero-order valence-electron chi connectivity index (χ0n) is 18.8. The molecule has 0 aliphatic carbocycles. The van der Waals surface area contributed by atoms with E-state index in [2.05, 4.69) is 15.2 Å². The summed E-state index contributed by atoms with van der Waals surface area (Å²) in [5.41, 5.74) is 0.520. The molecule has 4 rings (SSSR count). The van der Waals surface area contributed by atoms with Crippen LogP contribution in [0.4, 0.5) is 5.69 Å². The number of nitrogens with zero attached hydrogens (tertiary/aromatic N) is 3. The van der Waals surface area contributed by atoms with E-state index in [1.54, 1.807) is 24.4 Å². The van der Waals surface area contributed by atoms with Crippen LogP contribution in [-0.4, -0.2) is 40.1 Å². The Morgan fingerprint density at radius 3 is 2.70 bits per heavy atom. The lowest BCUT2D eigenvalue weighted by Crippen LogP contribution is -2.34. The number of hydrogen-bond donors (Lipinski definition) is 1. The molecular formula is C25H29ClN4O3. The van der Waals surface area contributed by atoms with E-state index in [0.29, 0.717) is 41.1 Å². The number of halogens is 1. The molecule has 174 valence electrons. The highest BCUT2D eigenvalue weighted by Gasteiger charge is 2.17. The molecule has 0 saturated heterocycles. The smallest absolute Gasteiger partial charge is 0.238 e. The maximum atomic E-state index is 13.0. The molecule has 1 amide bonds. The second-order valence-corrected chi connectivity index (χ2v) is 8.60. The second kappa shape index (κ2) is 11.2. The normalized spacial score (nSPS) is 16.1. The van der Waals surface area contributed by atoms with E-state index >= 15 is 0 Å². The summed E-state index contributed by atoms with van der Waals surface area (Å²) >= 11 is 6.23. The fourth-order valence-electron chi connectivity index (χ4n) is 3.79. The van der Waals surface area contributed by atoms with Crippen molar-refractivity contribution in [3.05, 3.63) is 65.7 Å². The van der Waals surface area contributed by atoms with Crippen molar-refractivity contribution in [3.8, 4) is 17.2 Å². The van der Waals surface area contributed by atoms with Crippen molar-refractivity contribution < 1.29 is 14.3 Å². The number of amides is 1. The molecule has 0 spiro atoms. The minimum absolute atomic E-state index is 0.132. The Hall–Kier alpha value is -3.03. The van der Waals surface area contributed by atoms with Gasteiger partial charge in [0.15, 0.2) is 17.2 Å². The molecule has 1 aliphatic rings. The van der Waals surface area contributed by atoms with Gasteiger partial charge in [-0.15, -0.1) is 0 Å². The van der Waals surface area contributed by atoms with Crippen molar-refractivity contribution in [2.75, 3.05) is 25.0 Å². The first-order valence-corrected chi connectivity index (χ1v) is 11.6. The molecule has 0 radical (unpaired) electrons. The molecule has 7 nitrogen and oxygen atoms in total. The summed E-state index contributed by atoms with van der Waals surface area (Å²) < 4.78 is 14.1. The molecule has 0 bridgehead atoms. The molecule has 0 saturated carbocycles. The highest BCUT2D eigenvalue weighted by Crippen LogP contribution is 2.36. The van der Waals surface area contributed by atoms with Crippen LogP contribution in [0.15, 0.2) is 54.9 Å². The fourth-order valence-corrected chi connectivity index (χ4v) is 3.96. The molecule has 33 heavy (non-hydrogen) atoms. The Morgan fingerprint density at radius 1 is 1.06 bits per heavy atom. The molecule has 2 aromatic carbocycles. The van der Waals surface area contributed by atoms with Gasteiger partial charge in [-0.2, -0.15) is 0 Å². The average molecular weight is 469 g/mol. The fraction of sp³-hybridized carbons (Fsp3) is 0.360. The molecule has 1 aromatic heterocycles. The van der Waals surface area contributed by atoms with Gasteiger partial charge in [0.05, 0.1) is 25.4 Å². The summed E-state index contributed by atoms with van der Waals surface area (Å²) in [5, 5.41) is 3.50. The van der Waals surface area contributed by atoms with Crippen LogP contribution < -0.4 is 14.8 Å². The zero-order valence-corrected chi connectivity index (χ0v) is 19.6. The van der Waals surface area contributed by atoms with Gasteiger partial charge >= 0.3 is 0 Å². The predicted octanol–water partition coefficient (Wildman–Crippen LogP) is 5.26. The van der Waals surface area contributed by atoms with Gasteiger partial charge in [0, 0.05) is 24.5 Å². The third-order valence-electron chi connectivity index (χ3n) is 5.56. The number of imidazole rings is 1. The molecule has 0 atom stereocenters. The highest BCUT2D eigenvalue weighted by molar-refractivity contribution is 6.31. The SMILES string of the molecule is Cn1ccnc1CN1CCCCCCOc2ccccc2Oc2ccc(Cl)cc2NC(=O)C1. The van der Waals surface area contributed by atoms with E-state index in [9.17, 15) is 4.79 Å². The van der Waals surface area contributed by atoms with Crippen LogP contribution >= 0.6 is 11.6 Å². The summed E-state index contributed by atoms with van der Waals surface area (Å²) in [4.78, 5) is 19.6. The van der Waals surface area contributed by atoms with Crippen LogP contribution in [0.2, 0.25) is 5.02 Å². The molecule has 2 heterocycles. The summed E-state index contributed by atoms with van der Waals surface area (Å²) in [6, 6.07) is 12.7. The second-order valence-electron chi connectivity index (χ2n) is 8.17. The number of benzene rings is 2. The lowest BCUT2D eigenvalue weighted by atomic mass is 10.2. The molecule has 8 heteroatoms. The van der Waals surface area contributed by atoms with Crippen LogP contribution in [0, 0.1) is 0 Å². The number of ether oxygens (including phenoxy) is 2. The number of hydrogen-bond acceptors (Lipinski definition) is 5. The van der Waals surface area contributed by atoms with Gasteiger partial charge in [0.25, 0.3) is 0 Å². The quantitative estimate of drug-likeness (QED) is 0.555. The third-order valence-corrected chi connectivity index (χ3v) is 5.80. The van der Waals surface area contributed by atoms with E-state index in [-0.39, 0.29) is 12.5 Å². The summed E-state index contributed by atoms with van der Waals surface area (Å²) in [6.07, 6.45) is 7.78. The van der Waals surface area contributed by atoms with Crippen molar-refractivity contribution >= 4 is 23.2 Å². The van der Waals surface area contributed by atoms with Crippen molar-refractivity contribution in [3.63, 3.8) is 0 Å². The van der Waals surface area contributed by atoms with Crippen LogP contribution in [0.1, 0.15) is 31.5 Å². The monoisotopic (exact) mass is 468 g/mol. The summed E-state index contributed by atoms with van der Waals surface area (Å²) in [7, 11) is 1.96. The number of aromatic nitrogens is 2. The third kappa shape index (κ3) is 6.49. The Morgan fingerprint density at radius 2 is 1.88 bits per heavy atom. The van der Waals surface area contributed by atoms with E-state index in [1.807, 2.05) is 42.1 Å². The predicted molar refractivity (Wildman–Crippen MR) is 129 cm³/mol. The lowest BCUT2D eigenvalue weighted by Gasteiger charge is -2.22. The van der Waals surface area contributed by atoms with Gasteiger partial charge < -0.3 is 19.4 Å². The van der Waals surface area contributed by atoms with E-state index in [1.165, 1.54) is 0 Å². The maximum absolute atomic E-state index is 13.0. The Kier molecular flexibility index (Phi) is 7.86. The van der Waals surface area contributed by atoms with Crippen LogP contribution in [0.25, 0.3) is 0 Å². The molecule has 0 unspecified atom stereocenters. The first kappa shape index (κ1) is 23.1. The zero-order chi connectivity index (χ0) is 23.0. The largest absolute Gasteiger partial charge is 0.490 e. The number of aryl methyl sites for hydroxylation is 1. The molecule has 1 aliphatic heterocycles. The van der Waals surface area contributed by atoms with Crippen molar-refractivity contribution in [1.29, 1.82) is 0 Å². The average Bonchev–Trinajstić information content (AvgIpc) is 3.19. The number of fused-ring (bicyclic) bond motifs is 2. The van der Waals surface area contributed by atoms with Crippen LogP contribution in [0.5, 0.6) is 17.2 Å². The number of carbonyl (C=O) groups is 1. The van der Waals surface area contributed by atoms with Gasteiger partial charge in [0.2, 0.25) is 5.91 Å². The number of para-hydroxylation sites is 2. The lowest BCUT2D eigenvalue weighted by molar-refractivity contribution is -0.117. The summed E-state index contributed by atoms with van der Waals surface area (Å²) in [5.74, 6) is 2.57. The molecular weight excluding hydrogens is 440 g/mol. The summed E-state index contributed by atoms with van der Waals surface area (Å²) in [6.45, 7) is 2.29. The Bertz CT molecular complexity index is 1090. The topological polar surface area (TPSA) is 68.6 Å². The van der Waals surface area contributed by atoms with Gasteiger partial charge in [-0.3, -0.25) is 9.69 Å². The van der Waals surface area contributed by atoms with Crippen molar-refractivity contribution in [2.45, 2.75) is 32.2 Å². The van der Waals surface area contributed by atoms with E-state index in [4.69, 9.17) is 21.1 Å². The van der Waals surface area contributed by atoms with Crippen LogP contribution in [0.3, 0.4) is 0 Å². The van der Waals surface area contributed by atoms with Gasteiger partial charge in [-0.1, -0.05) is 36.6 Å². The van der Waals surface area contributed by atoms with Crippen molar-refractivity contribution in [2.24, 2.45) is 7.05 Å². The first-order valence-electron chi connectivity index (χ1n) is 11.3. The maximum Gasteiger partial charge on any atom is 0.238 e. The highest BCUT2D eigenvalue weighted by atomic mass is 35.5. The molecule has 1 N–H and O–H groups in total. The van der Waals surface area contributed by atoms with Crippen molar-refractivity contribution in [1.82, 2.24) is 14.5 Å². The number of carbonyl (C=O) groups excluding carboxylic acids is 1. The molecule has 0 fully saturated rings. The number of rotatable bonds is 2. The van der Waals surface area contributed by atoms with E-state index in [0.717, 1.165) is 38.1 Å². The van der Waals surface area contributed by atoms with Gasteiger partial charge in [-0.05, 0) is 49.7 Å². The van der Waals surface area contributed by atoms with E-state index < -0.39 is 0 Å². The Balaban J connectivity index is 1.58. The van der Waals surface area contributed by atoms with Gasteiger partial charge in [0.1, 0.15) is 5.82 Å². The van der Waals surface area contributed by atoms with Crippen LogP contribution in [-0.2, 0) is 18.4 Å². The minimum atomic E-state index is -0.132. The van der Waals surface area contributed by atoms with Gasteiger partial charge in [-0.25, -0.2) is 4.98 Å². The molecule has 3 aromatic rings. The first-order chi connectivity index (χ1) is 16.1.